The Morgan fingerprint density at radius 3 is 2.57 bits per heavy atom. The minimum atomic E-state index is -1.19. The third-order valence-corrected chi connectivity index (χ3v) is 1.84. The van der Waals surface area contributed by atoms with Crippen LogP contribution in [0.15, 0.2) is 30.3 Å². The zero-order valence-corrected chi connectivity index (χ0v) is 7.47. The number of carboxylic acid groups (broad SMARTS) is 1. The molecule has 0 spiro atoms. The smallest absolute Gasteiger partial charge is 0.207 e. The summed E-state index contributed by atoms with van der Waals surface area (Å²) in [7, 11) is 0. The molecule has 0 bridgehead atoms. The highest BCUT2D eigenvalue weighted by molar-refractivity contribution is 5.66. The maximum absolute atomic E-state index is 10.4. The minimum absolute atomic E-state index is 0.219. The molecule has 14 heavy (non-hydrogen) atoms. The van der Waals surface area contributed by atoms with Gasteiger partial charge in [-0.25, -0.2) is 0 Å². The molecule has 0 fully saturated rings. The highest BCUT2D eigenvalue weighted by atomic mass is 16.4. The van der Waals surface area contributed by atoms with Crippen LogP contribution in [-0.4, -0.2) is 12.4 Å². The van der Waals surface area contributed by atoms with E-state index in [4.69, 9.17) is 0 Å². The van der Waals surface area contributed by atoms with Crippen molar-refractivity contribution in [2.45, 2.75) is 12.5 Å². The van der Waals surface area contributed by atoms with Gasteiger partial charge >= 0.3 is 0 Å². The summed E-state index contributed by atoms with van der Waals surface area (Å²) in [5, 5.41) is 12.8. The fourth-order valence-corrected chi connectivity index (χ4v) is 1.21. The van der Waals surface area contributed by atoms with Gasteiger partial charge in [-0.15, -0.1) is 0 Å². The van der Waals surface area contributed by atoms with E-state index in [1.807, 2.05) is 6.07 Å². The lowest BCUT2D eigenvalue weighted by Gasteiger charge is -2.16. The van der Waals surface area contributed by atoms with Crippen LogP contribution >= 0.6 is 0 Å². The molecule has 4 nitrogen and oxygen atoms in total. The maximum Gasteiger partial charge on any atom is 0.207 e. The number of carbonyl (C=O) groups excluding carboxylic acids is 2. The number of hydrogen-bond acceptors (Lipinski definition) is 3. The molecule has 0 aromatic heterocycles. The molecule has 74 valence electrons. The van der Waals surface area contributed by atoms with Gasteiger partial charge in [0.05, 0.1) is 6.04 Å². The first kappa shape index (κ1) is 10.2. The first-order valence-electron chi connectivity index (χ1n) is 4.18. The van der Waals surface area contributed by atoms with Crippen molar-refractivity contribution in [2.75, 3.05) is 0 Å². The number of hydrogen-bond donors (Lipinski definition) is 1. The van der Waals surface area contributed by atoms with E-state index >= 15 is 0 Å². The Hall–Kier alpha value is -1.84. The first-order chi connectivity index (χ1) is 6.74. The Morgan fingerprint density at radius 2 is 2.07 bits per heavy atom. The summed E-state index contributed by atoms with van der Waals surface area (Å²) in [6, 6.07) is 8.38. The quantitative estimate of drug-likeness (QED) is 0.646. The van der Waals surface area contributed by atoms with Gasteiger partial charge in [0.15, 0.2) is 0 Å². The molecule has 0 saturated heterocycles. The summed E-state index contributed by atoms with van der Waals surface area (Å²) in [6.45, 7) is 0. The Labute approximate surface area is 81.6 Å². The van der Waals surface area contributed by atoms with E-state index in [2.05, 4.69) is 5.32 Å². The van der Waals surface area contributed by atoms with Crippen molar-refractivity contribution in [3.63, 3.8) is 0 Å². The van der Waals surface area contributed by atoms with E-state index in [-0.39, 0.29) is 6.42 Å². The molecule has 0 heterocycles. The van der Waals surface area contributed by atoms with Crippen molar-refractivity contribution in [1.29, 1.82) is 0 Å². The number of carbonyl (C=O) groups is 2. The van der Waals surface area contributed by atoms with Gasteiger partial charge in [-0.2, -0.15) is 0 Å². The number of benzene rings is 1. The molecule has 0 unspecified atom stereocenters. The highest BCUT2D eigenvalue weighted by Crippen LogP contribution is 2.14. The van der Waals surface area contributed by atoms with Crippen molar-refractivity contribution in [2.24, 2.45) is 0 Å². The molecule has 0 aliphatic rings. The van der Waals surface area contributed by atoms with Crippen LogP contribution in [0.5, 0.6) is 0 Å². The van der Waals surface area contributed by atoms with E-state index in [0.29, 0.717) is 6.41 Å². The second kappa shape index (κ2) is 5.01. The third-order valence-electron chi connectivity index (χ3n) is 1.84. The SMILES string of the molecule is O=CN[C@H](CC(=O)[O-])c1ccccc1. The molecular formula is C10H10NO3-. The highest BCUT2D eigenvalue weighted by Gasteiger charge is 2.09. The molecular weight excluding hydrogens is 182 g/mol. The predicted octanol–water partition coefficient (Wildman–Crippen LogP) is -0.386. The monoisotopic (exact) mass is 192 g/mol. The average molecular weight is 192 g/mol. The lowest BCUT2D eigenvalue weighted by molar-refractivity contribution is -0.306. The van der Waals surface area contributed by atoms with Crippen molar-refractivity contribution < 1.29 is 14.7 Å². The second-order valence-electron chi connectivity index (χ2n) is 2.82. The Morgan fingerprint density at radius 1 is 1.43 bits per heavy atom. The molecule has 0 aliphatic heterocycles. The molecule has 0 saturated carbocycles. The molecule has 1 amide bonds. The van der Waals surface area contributed by atoms with Gasteiger partial charge in [0.2, 0.25) is 6.41 Å². The van der Waals surface area contributed by atoms with Gasteiger partial charge in [0, 0.05) is 12.4 Å². The zero-order valence-electron chi connectivity index (χ0n) is 7.47. The van der Waals surface area contributed by atoms with Crippen LogP contribution in [0.2, 0.25) is 0 Å². The van der Waals surface area contributed by atoms with Gasteiger partial charge in [-0.3, -0.25) is 4.79 Å². The van der Waals surface area contributed by atoms with Crippen LogP contribution in [0.1, 0.15) is 18.0 Å². The average Bonchev–Trinajstić information content (AvgIpc) is 2.18. The number of rotatable bonds is 5. The fourth-order valence-electron chi connectivity index (χ4n) is 1.21. The molecule has 1 aromatic rings. The fraction of sp³-hybridized carbons (Fsp3) is 0.200. The van der Waals surface area contributed by atoms with Crippen molar-refractivity contribution in [1.82, 2.24) is 5.32 Å². The van der Waals surface area contributed by atoms with Crippen molar-refractivity contribution in [3.8, 4) is 0 Å². The lowest BCUT2D eigenvalue weighted by atomic mass is 10.0. The Kier molecular flexibility index (Phi) is 3.67. The summed E-state index contributed by atoms with van der Waals surface area (Å²) in [6.07, 6.45) is 0.267. The molecule has 1 aromatic carbocycles. The largest absolute Gasteiger partial charge is 0.550 e. The van der Waals surface area contributed by atoms with Crippen LogP contribution in [-0.2, 0) is 9.59 Å². The van der Waals surface area contributed by atoms with E-state index in [0.717, 1.165) is 5.56 Å². The van der Waals surface area contributed by atoms with Gasteiger partial charge in [0.1, 0.15) is 0 Å². The summed E-state index contributed by atoms with van der Waals surface area (Å²) < 4.78 is 0. The summed E-state index contributed by atoms with van der Waals surface area (Å²) >= 11 is 0. The minimum Gasteiger partial charge on any atom is -0.550 e. The van der Waals surface area contributed by atoms with Crippen molar-refractivity contribution in [3.05, 3.63) is 35.9 Å². The van der Waals surface area contributed by atoms with Crippen LogP contribution in [0.4, 0.5) is 0 Å². The third kappa shape index (κ3) is 2.90. The van der Waals surface area contributed by atoms with E-state index in [9.17, 15) is 14.7 Å². The molecule has 1 atom stereocenters. The molecule has 0 aliphatic carbocycles. The number of amides is 1. The van der Waals surface area contributed by atoms with Gasteiger partial charge < -0.3 is 15.2 Å². The Bertz CT molecular complexity index is 310. The van der Waals surface area contributed by atoms with Crippen LogP contribution < -0.4 is 10.4 Å². The van der Waals surface area contributed by atoms with Gasteiger partial charge in [0.25, 0.3) is 0 Å². The number of nitrogens with one attached hydrogen (secondary N) is 1. The first-order valence-corrected chi connectivity index (χ1v) is 4.18. The van der Waals surface area contributed by atoms with Crippen LogP contribution in [0.3, 0.4) is 0 Å². The van der Waals surface area contributed by atoms with E-state index in [1.165, 1.54) is 0 Å². The lowest BCUT2D eigenvalue weighted by Crippen LogP contribution is -2.30. The number of aliphatic carboxylic acids is 1. The maximum atomic E-state index is 10.4. The van der Waals surface area contributed by atoms with Crippen molar-refractivity contribution >= 4 is 12.4 Å². The van der Waals surface area contributed by atoms with Crippen LogP contribution in [0.25, 0.3) is 0 Å². The van der Waals surface area contributed by atoms with E-state index in [1.54, 1.807) is 24.3 Å². The molecule has 1 rings (SSSR count). The second-order valence-corrected chi connectivity index (χ2v) is 2.82. The molecule has 4 heteroatoms. The summed E-state index contributed by atoms with van der Waals surface area (Å²) in [4.78, 5) is 20.6. The topological polar surface area (TPSA) is 69.2 Å². The van der Waals surface area contributed by atoms with Gasteiger partial charge in [-0.1, -0.05) is 30.3 Å². The standard InChI is InChI=1S/C10H11NO3/c12-7-11-9(6-10(13)14)8-4-2-1-3-5-8/h1-5,7,9H,6H2,(H,11,12)(H,13,14)/p-1/t9-/m1/s1. The molecule has 1 N–H and O–H groups in total. The molecule has 0 radical (unpaired) electrons. The predicted molar refractivity (Wildman–Crippen MR) is 48.0 cm³/mol. The van der Waals surface area contributed by atoms with E-state index < -0.39 is 12.0 Å². The zero-order chi connectivity index (χ0) is 10.4. The van der Waals surface area contributed by atoms with Gasteiger partial charge in [-0.05, 0) is 5.56 Å². The van der Waals surface area contributed by atoms with Crippen LogP contribution in [0, 0.1) is 0 Å². The summed E-state index contributed by atoms with van der Waals surface area (Å²) in [5.41, 5.74) is 0.754. The normalized spacial score (nSPS) is 11.7. The number of carboxylic acids is 1. The summed E-state index contributed by atoms with van der Waals surface area (Å²) in [5.74, 6) is -1.19. The Balaban J connectivity index is 2.77.